The van der Waals surface area contributed by atoms with Gasteiger partial charge in [0.15, 0.2) is 0 Å². The fraction of sp³-hybridized carbons (Fsp3) is 0.857. The molecule has 0 spiro atoms. The van der Waals surface area contributed by atoms with Gasteiger partial charge in [0.25, 0.3) is 0 Å². The number of aliphatic hydroxyl groups is 1. The second kappa shape index (κ2) is 5.27. The van der Waals surface area contributed by atoms with Crippen molar-refractivity contribution in [2.75, 3.05) is 13.1 Å². The number of piperidine rings is 1. The molecule has 100 valence electrons. The summed E-state index contributed by atoms with van der Waals surface area (Å²) >= 11 is 0. The minimum absolute atomic E-state index is 0.0643. The predicted molar refractivity (Wildman–Crippen MR) is 67.5 cm³/mol. The molecule has 1 heterocycles. The molecule has 1 aliphatic carbocycles. The summed E-state index contributed by atoms with van der Waals surface area (Å²) in [6, 6.07) is 2.34. The number of amides is 1. The van der Waals surface area contributed by atoms with E-state index in [2.05, 4.69) is 6.07 Å². The van der Waals surface area contributed by atoms with Crippen LogP contribution in [-0.4, -0.2) is 35.1 Å². The van der Waals surface area contributed by atoms with Crippen LogP contribution in [0.1, 0.15) is 45.4 Å². The normalized spacial score (nSPS) is 37.1. The largest absolute Gasteiger partial charge is 0.393 e. The van der Waals surface area contributed by atoms with Gasteiger partial charge in [-0.2, -0.15) is 5.26 Å². The number of hydrogen-bond donors (Lipinski definition) is 1. The molecule has 1 aliphatic heterocycles. The molecule has 0 aromatic heterocycles. The van der Waals surface area contributed by atoms with Gasteiger partial charge in [-0.1, -0.05) is 0 Å². The van der Waals surface area contributed by atoms with E-state index in [0.29, 0.717) is 6.54 Å². The fourth-order valence-electron chi connectivity index (χ4n) is 3.10. The first-order valence-electron chi connectivity index (χ1n) is 6.92. The quantitative estimate of drug-likeness (QED) is 0.770. The summed E-state index contributed by atoms with van der Waals surface area (Å²) in [6.45, 7) is 3.30. The van der Waals surface area contributed by atoms with Crippen LogP contribution in [0.4, 0.5) is 0 Å². The predicted octanol–water partition coefficient (Wildman–Crippen LogP) is 1.69. The lowest BCUT2D eigenvalue weighted by atomic mass is 9.81. The van der Waals surface area contributed by atoms with Gasteiger partial charge in [-0.05, 0) is 45.4 Å². The van der Waals surface area contributed by atoms with E-state index < -0.39 is 0 Å². The van der Waals surface area contributed by atoms with Crippen molar-refractivity contribution in [2.45, 2.75) is 51.6 Å². The summed E-state index contributed by atoms with van der Waals surface area (Å²) in [5.41, 5.74) is -0.373. The van der Waals surface area contributed by atoms with Gasteiger partial charge in [-0.15, -0.1) is 0 Å². The summed E-state index contributed by atoms with van der Waals surface area (Å²) in [7, 11) is 0. The van der Waals surface area contributed by atoms with Crippen LogP contribution < -0.4 is 0 Å². The number of aliphatic hydroxyl groups excluding tert-OH is 1. The van der Waals surface area contributed by atoms with Crippen molar-refractivity contribution in [3.05, 3.63) is 0 Å². The lowest BCUT2D eigenvalue weighted by Crippen LogP contribution is -2.47. The van der Waals surface area contributed by atoms with Crippen LogP contribution >= 0.6 is 0 Å². The Morgan fingerprint density at radius 3 is 2.67 bits per heavy atom. The van der Waals surface area contributed by atoms with Crippen molar-refractivity contribution >= 4 is 5.91 Å². The molecule has 4 nitrogen and oxygen atoms in total. The van der Waals surface area contributed by atoms with Crippen molar-refractivity contribution in [3.63, 3.8) is 0 Å². The van der Waals surface area contributed by atoms with E-state index >= 15 is 0 Å². The van der Waals surface area contributed by atoms with Crippen LogP contribution in [0.15, 0.2) is 0 Å². The first-order valence-corrected chi connectivity index (χ1v) is 6.92. The molecule has 2 aliphatic rings. The van der Waals surface area contributed by atoms with Crippen LogP contribution in [0.25, 0.3) is 0 Å². The van der Waals surface area contributed by atoms with E-state index in [9.17, 15) is 15.2 Å². The van der Waals surface area contributed by atoms with Gasteiger partial charge in [0.1, 0.15) is 0 Å². The maximum absolute atomic E-state index is 12.4. The second-order valence-corrected chi connectivity index (χ2v) is 6.04. The Labute approximate surface area is 109 Å². The third-order valence-corrected chi connectivity index (χ3v) is 4.32. The Morgan fingerprint density at radius 1 is 1.39 bits per heavy atom. The highest BCUT2D eigenvalue weighted by Crippen LogP contribution is 2.32. The Morgan fingerprint density at radius 2 is 2.06 bits per heavy atom. The Balaban J connectivity index is 1.95. The van der Waals surface area contributed by atoms with Gasteiger partial charge in [0.05, 0.1) is 17.6 Å². The maximum Gasteiger partial charge on any atom is 0.225 e. The summed E-state index contributed by atoms with van der Waals surface area (Å²) in [6.07, 6.45) is 4.64. The molecule has 1 amide bonds. The van der Waals surface area contributed by atoms with E-state index in [1.54, 1.807) is 0 Å². The SMILES string of the molecule is C[C@]1(C#N)CCCN(C(=O)C2CCC(O)CC2)C1. The van der Waals surface area contributed by atoms with E-state index in [4.69, 9.17) is 0 Å². The Kier molecular flexibility index (Phi) is 3.91. The molecule has 0 aromatic carbocycles. The lowest BCUT2D eigenvalue weighted by molar-refractivity contribution is -0.139. The molecule has 0 unspecified atom stereocenters. The molecule has 1 atom stereocenters. The van der Waals surface area contributed by atoms with Crippen LogP contribution in [0.3, 0.4) is 0 Å². The van der Waals surface area contributed by atoms with Crippen LogP contribution in [0, 0.1) is 22.7 Å². The number of carbonyl (C=O) groups excluding carboxylic acids is 1. The minimum atomic E-state index is -0.373. The highest BCUT2D eigenvalue weighted by atomic mass is 16.3. The van der Waals surface area contributed by atoms with E-state index in [0.717, 1.165) is 45.1 Å². The highest BCUT2D eigenvalue weighted by molar-refractivity contribution is 5.79. The standard InChI is InChI=1S/C14H22N2O2/c1-14(9-15)7-2-8-16(10-14)13(18)11-3-5-12(17)6-4-11/h11-12,17H,2-8,10H2,1H3/t11?,12?,14-/m1/s1. The first kappa shape index (κ1) is 13.4. The van der Waals surface area contributed by atoms with Gasteiger partial charge in [0, 0.05) is 19.0 Å². The van der Waals surface area contributed by atoms with Gasteiger partial charge in [-0.25, -0.2) is 0 Å². The van der Waals surface area contributed by atoms with Crippen molar-refractivity contribution in [2.24, 2.45) is 11.3 Å². The Hall–Kier alpha value is -1.08. The lowest BCUT2D eigenvalue weighted by Gasteiger charge is -2.38. The van der Waals surface area contributed by atoms with Crippen molar-refractivity contribution < 1.29 is 9.90 Å². The molecule has 1 saturated heterocycles. The number of carbonyl (C=O) groups is 1. The minimum Gasteiger partial charge on any atom is -0.393 e. The Bertz CT molecular complexity index is 355. The number of nitriles is 1. The second-order valence-electron chi connectivity index (χ2n) is 6.04. The monoisotopic (exact) mass is 250 g/mol. The molecular weight excluding hydrogens is 228 g/mol. The topological polar surface area (TPSA) is 64.3 Å². The molecule has 0 bridgehead atoms. The molecule has 2 rings (SSSR count). The average molecular weight is 250 g/mol. The van der Waals surface area contributed by atoms with Gasteiger partial charge in [0.2, 0.25) is 5.91 Å². The highest BCUT2D eigenvalue weighted by Gasteiger charge is 2.36. The van der Waals surface area contributed by atoms with Gasteiger partial charge >= 0.3 is 0 Å². The van der Waals surface area contributed by atoms with Crippen molar-refractivity contribution in [1.29, 1.82) is 5.26 Å². The van der Waals surface area contributed by atoms with Crippen LogP contribution in [0.2, 0.25) is 0 Å². The zero-order chi connectivity index (χ0) is 13.2. The zero-order valence-electron chi connectivity index (χ0n) is 11.1. The van der Waals surface area contributed by atoms with Crippen molar-refractivity contribution in [3.8, 4) is 6.07 Å². The fourth-order valence-corrected chi connectivity index (χ4v) is 3.10. The first-order chi connectivity index (χ1) is 8.54. The molecular formula is C14H22N2O2. The molecule has 4 heteroatoms. The molecule has 0 radical (unpaired) electrons. The summed E-state index contributed by atoms with van der Waals surface area (Å²) in [4.78, 5) is 14.3. The van der Waals surface area contributed by atoms with Crippen molar-refractivity contribution in [1.82, 2.24) is 4.90 Å². The summed E-state index contributed by atoms with van der Waals surface area (Å²) < 4.78 is 0. The molecule has 2 fully saturated rings. The molecule has 0 aromatic rings. The number of hydrogen-bond acceptors (Lipinski definition) is 3. The number of rotatable bonds is 1. The van der Waals surface area contributed by atoms with E-state index in [1.165, 1.54) is 0 Å². The van der Waals surface area contributed by atoms with Crippen LogP contribution in [0.5, 0.6) is 0 Å². The third kappa shape index (κ3) is 2.84. The average Bonchev–Trinajstić information content (AvgIpc) is 2.39. The van der Waals surface area contributed by atoms with E-state index in [-0.39, 0.29) is 23.3 Å². The van der Waals surface area contributed by atoms with Gasteiger partial charge in [-0.3, -0.25) is 4.79 Å². The summed E-state index contributed by atoms with van der Waals surface area (Å²) in [5.74, 6) is 0.262. The third-order valence-electron chi connectivity index (χ3n) is 4.32. The number of nitrogens with zero attached hydrogens (tertiary/aromatic N) is 2. The smallest absolute Gasteiger partial charge is 0.225 e. The molecule has 1 N–H and O–H groups in total. The van der Waals surface area contributed by atoms with E-state index in [1.807, 2.05) is 11.8 Å². The molecule has 1 saturated carbocycles. The zero-order valence-corrected chi connectivity index (χ0v) is 11.1. The summed E-state index contributed by atoms with van der Waals surface area (Å²) in [5, 5.41) is 18.6. The maximum atomic E-state index is 12.4. The van der Waals surface area contributed by atoms with Gasteiger partial charge < -0.3 is 10.0 Å². The number of likely N-dealkylation sites (tertiary alicyclic amines) is 1. The molecule has 18 heavy (non-hydrogen) atoms. The van der Waals surface area contributed by atoms with Crippen LogP contribution in [-0.2, 0) is 4.79 Å².